The van der Waals surface area contributed by atoms with Crippen molar-refractivity contribution in [3.8, 4) is 0 Å². The van der Waals surface area contributed by atoms with Gasteiger partial charge in [0.15, 0.2) is 0 Å². The van der Waals surface area contributed by atoms with Crippen LogP contribution < -0.4 is 0 Å². The van der Waals surface area contributed by atoms with Gasteiger partial charge in [0.05, 0.1) is 0 Å². The van der Waals surface area contributed by atoms with Gasteiger partial charge in [0.2, 0.25) is 0 Å². The molecule has 0 N–H and O–H groups in total. The minimum Gasteiger partial charge on any atom is -0.0952 e. The smallest absolute Gasteiger partial charge is 0.0147 e. The fourth-order valence-electron chi connectivity index (χ4n) is 4.25. The van der Waals surface area contributed by atoms with Gasteiger partial charge in [0.1, 0.15) is 0 Å². The molecule has 1 atom stereocenters. The van der Waals surface area contributed by atoms with Gasteiger partial charge in [-0.2, -0.15) is 0 Å². The summed E-state index contributed by atoms with van der Waals surface area (Å²) < 4.78 is 0. The van der Waals surface area contributed by atoms with Gasteiger partial charge in [-0.25, -0.2) is 0 Å². The summed E-state index contributed by atoms with van der Waals surface area (Å²) in [5.74, 6) is 0.443. The van der Waals surface area contributed by atoms with Crippen molar-refractivity contribution in [1.82, 2.24) is 0 Å². The van der Waals surface area contributed by atoms with Crippen LogP contribution in [0.2, 0.25) is 0 Å². The highest BCUT2D eigenvalue weighted by molar-refractivity contribution is 5.93. The van der Waals surface area contributed by atoms with Crippen LogP contribution in [0.15, 0.2) is 79.4 Å². The van der Waals surface area contributed by atoms with E-state index in [1.54, 1.807) is 0 Å². The Bertz CT molecular complexity index is 1050. The molecule has 0 bridgehead atoms. The van der Waals surface area contributed by atoms with E-state index >= 15 is 0 Å². The molecule has 3 aromatic rings. The summed E-state index contributed by atoms with van der Waals surface area (Å²) in [7, 11) is 0. The van der Waals surface area contributed by atoms with Gasteiger partial charge in [-0.15, -0.1) is 0 Å². The van der Waals surface area contributed by atoms with Crippen LogP contribution in [0.1, 0.15) is 66.5 Å². The highest BCUT2D eigenvalue weighted by Crippen LogP contribution is 2.35. The van der Waals surface area contributed by atoms with Gasteiger partial charge >= 0.3 is 0 Å². The summed E-state index contributed by atoms with van der Waals surface area (Å²) in [6, 6.07) is 26.0. The van der Waals surface area contributed by atoms with Gasteiger partial charge in [-0.3, -0.25) is 0 Å². The van der Waals surface area contributed by atoms with E-state index < -0.39 is 0 Å². The lowest BCUT2D eigenvalue weighted by atomic mass is 9.85. The number of allylic oxidation sites excluding steroid dienone is 3. The van der Waals surface area contributed by atoms with E-state index in [1.807, 2.05) is 0 Å². The largest absolute Gasteiger partial charge is 0.0952 e. The molecule has 0 aliphatic carbocycles. The van der Waals surface area contributed by atoms with Gasteiger partial charge in [-0.05, 0) is 90.1 Å². The van der Waals surface area contributed by atoms with Crippen LogP contribution >= 0.6 is 0 Å². The molecule has 0 spiro atoms. The van der Waals surface area contributed by atoms with Gasteiger partial charge < -0.3 is 0 Å². The normalized spacial score (nSPS) is 13.0. The van der Waals surface area contributed by atoms with Crippen molar-refractivity contribution < 1.29 is 0 Å². The molecule has 148 valence electrons. The fourth-order valence-corrected chi connectivity index (χ4v) is 4.25. The molecule has 1 unspecified atom stereocenters. The zero-order valence-electron chi connectivity index (χ0n) is 18.4. The molecule has 0 aliphatic heterocycles. The van der Waals surface area contributed by atoms with Crippen LogP contribution in [0, 0.1) is 13.8 Å². The third-order valence-corrected chi connectivity index (χ3v) is 6.10. The maximum Gasteiger partial charge on any atom is -0.0147 e. The van der Waals surface area contributed by atoms with Crippen molar-refractivity contribution in [3.05, 3.63) is 113 Å². The van der Waals surface area contributed by atoms with Crippen LogP contribution in [-0.4, -0.2) is 0 Å². The Kier molecular flexibility index (Phi) is 6.54. The van der Waals surface area contributed by atoms with Crippen LogP contribution in [0.4, 0.5) is 0 Å². The summed E-state index contributed by atoms with van der Waals surface area (Å²) in [6.07, 6.45) is 0.957. The Balaban J connectivity index is 1.95. The Morgan fingerprint density at radius 1 is 0.690 bits per heavy atom. The molecule has 0 aliphatic rings. The number of aryl methyl sites for hydroxylation is 2. The Morgan fingerprint density at radius 3 is 1.79 bits per heavy atom. The number of hydrogen-bond donors (Lipinski definition) is 0. The average Bonchev–Trinajstić information content (AvgIpc) is 2.73. The van der Waals surface area contributed by atoms with E-state index in [2.05, 4.69) is 114 Å². The molecule has 0 nitrogen and oxygen atoms in total. The zero-order chi connectivity index (χ0) is 21.0. The lowest BCUT2D eigenvalue weighted by Crippen LogP contribution is -2.00. The monoisotopic (exact) mass is 380 g/mol. The summed E-state index contributed by atoms with van der Waals surface area (Å²) >= 11 is 0. The molecule has 3 aromatic carbocycles. The van der Waals surface area contributed by atoms with E-state index in [0.717, 1.165) is 6.42 Å². The van der Waals surface area contributed by atoms with Crippen LogP contribution in [-0.2, 0) is 0 Å². The van der Waals surface area contributed by atoms with Gasteiger partial charge in [0.25, 0.3) is 0 Å². The summed E-state index contributed by atoms with van der Waals surface area (Å²) in [6.45, 7) is 15.6. The topological polar surface area (TPSA) is 0 Å². The molecular weight excluding hydrogens is 348 g/mol. The van der Waals surface area contributed by atoms with Crippen molar-refractivity contribution in [2.45, 2.75) is 47.0 Å². The van der Waals surface area contributed by atoms with Gasteiger partial charge in [-0.1, -0.05) is 86.3 Å². The molecule has 29 heavy (non-hydrogen) atoms. The molecule has 3 rings (SSSR count). The van der Waals surface area contributed by atoms with Crippen molar-refractivity contribution in [2.75, 3.05) is 0 Å². The SMILES string of the molecule is C=C(CC(C)c1ccccc1C)c1ccccc1/C(C)=C(\C)c1ccccc1C. The molecule has 0 radical (unpaired) electrons. The third-order valence-electron chi connectivity index (χ3n) is 6.10. The van der Waals surface area contributed by atoms with Crippen molar-refractivity contribution in [2.24, 2.45) is 0 Å². The highest BCUT2D eigenvalue weighted by atomic mass is 14.2. The number of hydrogen-bond acceptors (Lipinski definition) is 0. The maximum absolute atomic E-state index is 4.49. The summed E-state index contributed by atoms with van der Waals surface area (Å²) in [5.41, 5.74) is 11.8. The first-order valence-electron chi connectivity index (χ1n) is 10.5. The minimum absolute atomic E-state index is 0.443. The fraction of sp³-hybridized carbons (Fsp3) is 0.241. The minimum atomic E-state index is 0.443. The summed E-state index contributed by atoms with van der Waals surface area (Å²) in [5, 5.41) is 0. The molecule has 0 heterocycles. The van der Waals surface area contributed by atoms with E-state index in [4.69, 9.17) is 0 Å². The number of benzene rings is 3. The number of rotatable bonds is 6. The standard InChI is InChI=1S/C29H32/c1-20-13-7-9-15-26(20)22(3)19-23(4)28-17-11-12-18-29(28)25(6)24(5)27-16-10-8-14-21(27)2/h7-18,22H,4,19H2,1-3,5-6H3/b25-24+. The van der Waals surface area contributed by atoms with E-state index in [0.29, 0.717) is 5.92 Å². The van der Waals surface area contributed by atoms with Crippen LogP contribution in [0.3, 0.4) is 0 Å². The predicted molar refractivity (Wildman–Crippen MR) is 129 cm³/mol. The van der Waals surface area contributed by atoms with Crippen molar-refractivity contribution in [1.29, 1.82) is 0 Å². The molecule has 0 saturated heterocycles. The first kappa shape index (κ1) is 20.9. The van der Waals surface area contributed by atoms with Crippen LogP contribution in [0.25, 0.3) is 16.7 Å². The van der Waals surface area contributed by atoms with Crippen molar-refractivity contribution in [3.63, 3.8) is 0 Å². The molecule has 0 fully saturated rings. The lowest BCUT2D eigenvalue weighted by molar-refractivity contribution is 0.785. The first-order valence-corrected chi connectivity index (χ1v) is 10.5. The molecule has 0 heteroatoms. The van der Waals surface area contributed by atoms with E-state index in [-0.39, 0.29) is 0 Å². The molecule has 0 amide bonds. The third kappa shape index (κ3) is 4.59. The quantitative estimate of drug-likeness (QED) is 0.376. The molecule has 0 aromatic heterocycles. The van der Waals surface area contributed by atoms with Crippen molar-refractivity contribution >= 4 is 16.7 Å². The lowest BCUT2D eigenvalue weighted by Gasteiger charge is -2.20. The zero-order valence-corrected chi connectivity index (χ0v) is 18.4. The Morgan fingerprint density at radius 2 is 1.17 bits per heavy atom. The Labute approximate surface area is 176 Å². The van der Waals surface area contributed by atoms with E-state index in [9.17, 15) is 0 Å². The maximum atomic E-state index is 4.49. The average molecular weight is 381 g/mol. The second-order valence-corrected chi connectivity index (χ2v) is 8.18. The second-order valence-electron chi connectivity index (χ2n) is 8.18. The van der Waals surface area contributed by atoms with Crippen LogP contribution in [0.5, 0.6) is 0 Å². The predicted octanol–water partition coefficient (Wildman–Crippen LogP) is 8.46. The van der Waals surface area contributed by atoms with E-state index in [1.165, 1.54) is 50.1 Å². The molecular formula is C29H32. The Hall–Kier alpha value is -2.86. The van der Waals surface area contributed by atoms with Gasteiger partial charge in [0, 0.05) is 0 Å². The molecule has 0 saturated carbocycles. The first-order chi connectivity index (χ1) is 13.9. The summed E-state index contributed by atoms with van der Waals surface area (Å²) in [4.78, 5) is 0. The second kappa shape index (κ2) is 9.09. The highest BCUT2D eigenvalue weighted by Gasteiger charge is 2.15.